The number of ether oxygens (including phenoxy) is 1. The van der Waals surface area contributed by atoms with E-state index in [1.165, 1.54) is 36.4 Å². The third kappa shape index (κ3) is 10.9. The monoisotopic (exact) mass is 944 g/mol. The normalized spacial score (nSPS) is 12.1. The van der Waals surface area contributed by atoms with E-state index >= 15 is 0 Å². The Morgan fingerprint density at radius 1 is 0.632 bits per heavy atom. The Kier molecular flexibility index (Phi) is 15.5. The van der Waals surface area contributed by atoms with Gasteiger partial charge in [0.25, 0.3) is 17.7 Å². The molecule has 0 atom stereocenters. The molecule has 0 bridgehead atoms. The number of aromatic hydroxyl groups is 1. The highest BCUT2D eigenvalue weighted by Gasteiger charge is 2.38. The molecule has 6 rings (SSSR count). The molecule has 0 heterocycles. The number of nitrogens with two attached hydrogens (primary N) is 1. The number of sulfonamides is 1. The number of fused-ring (bicyclic) bond motifs is 1. The third-order valence-corrected chi connectivity index (χ3v) is 14.0. The summed E-state index contributed by atoms with van der Waals surface area (Å²) in [7, 11) is -4.68. The average Bonchev–Trinajstić information content (AvgIpc) is 3.33. The number of primary sulfonamides is 1. The van der Waals surface area contributed by atoms with Crippen LogP contribution >= 0.6 is 0 Å². The number of rotatable bonds is 19. The van der Waals surface area contributed by atoms with Crippen LogP contribution in [0.25, 0.3) is 10.8 Å². The second-order valence-electron chi connectivity index (χ2n) is 18.3. The summed E-state index contributed by atoms with van der Waals surface area (Å²) in [5.74, 6) is -1.36. The summed E-state index contributed by atoms with van der Waals surface area (Å²) < 4.78 is 32.7. The number of nitrogens with one attached hydrogen (secondary N) is 3. The summed E-state index contributed by atoms with van der Waals surface area (Å²) >= 11 is 0. The molecule has 0 spiro atoms. The topological polar surface area (TPSA) is 238 Å². The minimum atomic E-state index is -4.68. The van der Waals surface area contributed by atoms with Crippen LogP contribution < -0.4 is 25.8 Å². The van der Waals surface area contributed by atoms with Gasteiger partial charge in [-0.25, -0.2) is 13.6 Å². The van der Waals surface area contributed by atoms with E-state index in [-0.39, 0.29) is 51.3 Å². The van der Waals surface area contributed by atoms with E-state index in [4.69, 9.17) is 9.88 Å². The minimum Gasteiger partial charge on any atom is -0.506 e. The fourth-order valence-corrected chi connectivity index (χ4v) is 8.87. The summed E-state index contributed by atoms with van der Waals surface area (Å²) in [6.07, 6.45) is 2.14. The molecule has 0 saturated heterocycles. The number of phenolic OH excluding ortho intramolecular Hbond substituents is 1. The summed E-state index contributed by atoms with van der Waals surface area (Å²) in [6.45, 7) is 10.5. The smallest absolute Gasteiger partial charge is 0.259 e. The van der Waals surface area contributed by atoms with Gasteiger partial charge in [-0.15, -0.1) is 0 Å². The lowest BCUT2D eigenvalue weighted by molar-refractivity contribution is 0.0621. The van der Waals surface area contributed by atoms with Gasteiger partial charge in [-0.3, -0.25) is 14.4 Å². The maximum Gasteiger partial charge on any atom is 0.259 e. The Labute approximate surface area is 397 Å². The number of anilines is 2. The van der Waals surface area contributed by atoms with E-state index in [9.17, 15) is 43.2 Å². The molecular formula is C53H60N4O10S. The molecule has 68 heavy (non-hydrogen) atoms. The van der Waals surface area contributed by atoms with Crippen molar-refractivity contribution < 1.29 is 48.0 Å². The van der Waals surface area contributed by atoms with Gasteiger partial charge in [0.1, 0.15) is 17.2 Å². The van der Waals surface area contributed by atoms with Crippen molar-refractivity contribution in [3.05, 3.63) is 154 Å². The van der Waals surface area contributed by atoms with Gasteiger partial charge in [-0.2, -0.15) is 0 Å². The van der Waals surface area contributed by atoms with Gasteiger partial charge in [0.2, 0.25) is 10.0 Å². The predicted octanol–water partition coefficient (Wildman–Crippen LogP) is 8.05. The lowest BCUT2D eigenvalue weighted by atomic mass is 9.76. The number of aliphatic hydroxyl groups is 3. The van der Waals surface area contributed by atoms with Crippen molar-refractivity contribution in [2.24, 2.45) is 5.14 Å². The van der Waals surface area contributed by atoms with Gasteiger partial charge >= 0.3 is 0 Å². The van der Waals surface area contributed by atoms with Crippen molar-refractivity contribution in [3.63, 3.8) is 0 Å². The molecule has 3 amide bonds. The van der Waals surface area contributed by atoms with Crippen LogP contribution in [0.4, 0.5) is 11.4 Å². The molecule has 0 aliphatic rings. The molecule has 358 valence electrons. The van der Waals surface area contributed by atoms with Crippen molar-refractivity contribution in [3.8, 4) is 17.2 Å². The van der Waals surface area contributed by atoms with Crippen LogP contribution in [0.2, 0.25) is 0 Å². The highest BCUT2D eigenvalue weighted by molar-refractivity contribution is 7.89. The molecule has 0 saturated carbocycles. The van der Waals surface area contributed by atoms with Crippen LogP contribution in [-0.4, -0.2) is 72.9 Å². The highest BCUT2D eigenvalue weighted by atomic mass is 32.2. The zero-order valence-corrected chi connectivity index (χ0v) is 40.0. The van der Waals surface area contributed by atoms with Crippen LogP contribution in [0.5, 0.6) is 17.2 Å². The number of phenols is 1. The molecule has 0 radical (unpaired) electrons. The van der Waals surface area contributed by atoms with Gasteiger partial charge in [0.05, 0.1) is 46.8 Å². The molecular weight excluding hydrogens is 885 g/mol. The van der Waals surface area contributed by atoms with E-state index < -0.39 is 63.4 Å². The molecule has 0 fully saturated rings. The Hall–Kier alpha value is -6.62. The summed E-state index contributed by atoms with van der Waals surface area (Å²) in [6, 6.07) is 31.9. The first-order chi connectivity index (χ1) is 32.2. The second-order valence-corrected chi connectivity index (χ2v) is 19.8. The van der Waals surface area contributed by atoms with Crippen LogP contribution in [0.15, 0.2) is 120 Å². The largest absolute Gasteiger partial charge is 0.506 e. The van der Waals surface area contributed by atoms with E-state index in [1.807, 2.05) is 24.3 Å². The molecule has 0 aliphatic carbocycles. The van der Waals surface area contributed by atoms with Gasteiger partial charge < -0.3 is 41.1 Å². The zero-order chi connectivity index (χ0) is 49.6. The Morgan fingerprint density at radius 3 is 1.90 bits per heavy atom. The third-order valence-electron chi connectivity index (χ3n) is 13.0. The number of hydrogen-bond donors (Lipinski definition) is 8. The fourth-order valence-electron chi connectivity index (χ4n) is 7.81. The number of hydrogen-bond acceptors (Lipinski definition) is 10. The number of aliphatic hydroxyl groups excluding tert-OH is 3. The maximum absolute atomic E-state index is 14.4. The van der Waals surface area contributed by atoms with Crippen molar-refractivity contribution in [2.45, 2.75) is 81.9 Å². The first-order valence-corrected chi connectivity index (χ1v) is 23.9. The first kappa shape index (κ1) is 50.8. The Balaban J connectivity index is 1.30. The lowest BCUT2D eigenvalue weighted by Gasteiger charge is -2.30. The SMILES string of the molecule is CCC(C)(C)c1ccc(Oc2ccc(NC(=O)c3cccc(C(CO)(CO)CO)c3S(N)(=O)=O)cc2C(=O)Nc2ccc(CCNC(=O)c3ccc4ccccc4c3O)cc2)c(C(C)(C)CC)c1. The standard InChI is InChI=1S/C53H60N4O10S/c1-7-51(3,4)35-19-24-45(43(28-35)52(5,6)8-2)67-44-25-22-37(57-49(63)40-14-11-15-42(47(40)68(54,65)66)53(30-58,31-59)32-60)29-41(44)50(64)56-36-20-16-33(17-21-36)26-27-55-48(62)39-23-18-34-12-9-10-13-38(34)46(39)61/h9-25,28-29,58-61H,7-8,26-27,30-32H2,1-6H3,(H,55,62)(H,56,64)(H,57,63)(H2,54,65,66). The Morgan fingerprint density at radius 2 is 1.25 bits per heavy atom. The number of carbonyl (C=O) groups excluding carboxylic acids is 3. The van der Waals surface area contributed by atoms with Crippen molar-refractivity contribution in [2.75, 3.05) is 37.0 Å². The van der Waals surface area contributed by atoms with Crippen LogP contribution in [-0.2, 0) is 32.7 Å². The van der Waals surface area contributed by atoms with Gasteiger partial charge in [-0.05, 0) is 101 Å². The highest BCUT2D eigenvalue weighted by Crippen LogP contribution is 2.41. The van der Waals surface area contributed by atoms with E-state index in [0.717, 1.165) is 34.9 Å². The molecule has 6 aromatic rings. The Bertz CT molecular complexity index is 2940. The average molecular weight is 945 g/mol. The van der Waals surface area contributed by atoms with Crippen molar-refractivity contribution in [1.29, 1.82) is 0 Å². The van der Waals surface area contributed by atoms with Crippen molar-refractivity contribution in [1.82, 2.24) is 5.32 Å². The fraction of sp³-hybridized carbons (Fsp3) is 0.302. The van der Waals surface area contributed by atoms with Gasteiger partial charge in [0, 0.05) is 28.9 Å². The molecule has 9 N–H and O–H groups in total. The lowest BCUT2D eigenvalue weighted by Crippen LogP contribution is -2.41. The molecule has 0 aromatic heterocycles. The summed E-state index contributed by atoms with van der Waals surface area (Å²) in [4.78, 5) is 40.7. The zero-order valence-electron chi connectivity index (χ0n) is 39.1. The van der Waals surface area contributed by atoms with E-state index in [0.29, 0.717) is 23.2 Å². The summed E-state index contributed by atoms with van der Waals surface area (Å²) in [5.41, 5.74) is 0.648. The molecule has 14 nitrogen and oxygen atoms in total. The minimum absolute atomic E-state index is 0.0185. The van der Waals surface area contributed by atoms with Gasteiger partial charge in [0.15, 0.2) is 0 Å². The van der Waals surface area contributed by atoms with E-state index in [2.05, 4.69) is 63.6 Å². The molecule has 0 aliphatic heterocycles. The summed E-state index contributed by atoms with van der Waals surface area (Å²) in [5, 5.41) is 56.6. The maximum atomic E-state index is 14.4. The van der Waals surface area contributed by atoms with Crippen LogP contribution in [0.1, 0.15) is 108 Å². The van der Waals surface area contributed by atoms with Crippen LogP contribution in [0.3, 0.4) is 0 Å². The van der Waals surface area contributed by atoms with Gasteiger partial charge in [-0.1, -0.05) is 108 Å². The molecule has 0 unspecified atom stereocenters. The molecule has 6 aromatic carbocycles. The van der Waals surface area contributed by atoms with Crippen molar-refractivity contribution >= 4 is 49.9 Å². The number of benzene rings is 6. The van der Waals surface area contributed by atoms with E-state index in [1.54, 1.807) is 48.5 Å². The number of amides is 3. The second kappa shape index (κ2) is 20.7. The quantitative estimate of drug-likeness (QED) is 0.0389. The first-order valence-electron chi connectivity index (χ1n) is 22.4. The predicted molar refractivity (Wildman–Crippen MR) is 264 cm³/mol. The molecule has 15 heteroatoms. The van der Waals surface area contributed by atoms with Crippen LogP contribution in [0, 0.1) is 0 Å². The number of carbonyl (C=O) groups is 3.